The third-order valence-electron chi connectivity index (χ3n) is 4.76. The van der Waals surface area contributed by atoms with Crippen molar-refractivity contribution >= 4 is 12.6 Å². The first-order valence-corrected chi connectivity index (χ1v) is 7.36. The van der Waals surface area contributed by atoms with Crippen molar-refractivity contribution in [2.75, 3.05) is 0 Å². The molecule has 5 heteroatoms. The van der Waals surface area contributed by atoms with Crippen molar-refractivity contribution in [1.29, 1.82) is 0 Å². The van der Waals surface area contributed by atoms with Gasteiger partial charge >= 0.3 is 7.12 Å². The first-order chi connectivity index (χ1) is 9.28. The minimum absolute atomic E-state index is 0.103. The molecular weight excluding hydrogens is 253 g/mol. The average Bonchev–Trinajstić information content (AvgIpc) is 3.10. The van der Waals surface area contributed by atoms with Gasteiger partial charge in [-0.05, 0) is 63.9 Å². The zero-order valence-corrected chi connectivity index (χ0v) is 12.7. The quantitative estimate of drug-likeness (QED) is 0.853. The SMILES string of the molecule is CC1(C)OB(c2cc(=O)[nH]cc2CC2CC2)OC1(C)C. The molecule has 0 aromatic carbocycles. The van der Waals surface area contributed by atoms with Gasteiger partial charge in [0.25, 0.3) is 0 Å². The van der Waals surface area contributed by atoms with Gasteiger partial charge in [-0.2, -0.15) is 0 Å². The monoisotopic (exact) mass is 275 g/mol. The molecule has 2 heterocycles. The Morgan fingerprint density at radius 1 is 1.25 bits per heavy atom. The highest BCUT2D eigenvalue weighted by molar-refractivity contribution is 6.62. The van der Waals surface area contributed by atoms with E-state index in [1.165, 1.54) is 12.8 Å². The lowest BCUT2D eigenvalue weighted by molar-refractivity contribution is 0.00578. The van der Waals surface area contributed by atoms with E-state index in [0.717, 1.165) is 23.4 Å². The summed E-state index contributed by atoms with van der Waals surface area (Å²) in [7, 11) is -0.448. The largest absolute Gasteiger partial charge is 0.495 e. The van der Waals surface area contributed by atoms with Crippen LogP contribution in [0.25, 0.3) is 0 Å². The fourth-order valence-electron chi connectivity index (χ4n) is 2.52. The predicted octanol–water partition coefficient (Wildman–Crippen LogP) is 1.63. The van der Waals surface area contributed by atoms with Crippen LogP contribution in [-0.2, 0) is 15.7 Å². The highest BCUT2D eigenvalue weighted by Crippen LogP contribution is 2.37. The van der Waals surface area contributed by atoms with Gasteiger partial charge in [-0.15, -0.1) is 0 Å². The van der Waals surface area contributed by atoms with Gasteiger partial charge in [-0.3, -0.25) is 4.79 Å². The van der Waals surface area contributed by atoms with Crippen LogP contribution >= 0.6 is 0 Å². The molecule has 0 atom stereocenters. The van der Waals surface area contributed by atoms with Crippen LogP contribution in [0.1, 0.15) is 46.1 Å². The molecule has 4 nitrogen and oxygen atoms in total. The maximum Gasteiger partial charge on any atom is 0.495 e. The van der Waals surface area contributed by atoms with Gasteiger partial charge in [0.2, 0.25) is 5.56 Å². The van der Waals surface area contributed by atoms with E-state index >= 15 is 0 Å². The van der Waals surface area contributed by atoms with Gasteiger partial charge in [-0.25, -0.2) is 0 Å². The summed E-state index contributed by atoms with van der Waals surface area (Å²) in [6.07, 6.45) is 5.38. The van der Waals surface area contributed by atoms with Crippen molar-refractivity contribution in [2.45, 2.75) is 58.2 Å². The summed E-state index contributed by atoms with van der Waals surface area (Å²) in [6, 6.07) is 1.62. The average molecular weight is 275 g/mol. The van der Waals surface area contributed by atoms with Crippen LogP contribution in [0.5, 0.6) is 0 Å². The number of aromatic amines is 1. The molecule has 0 unspecified atom stereocenters. The molecule has 0 spiro atoms. The maximum atomic E-state index is 11.7. The lowest BCUT2D eigenvalue weighted by atomic mass is 9.75. The molecule has 108 valence electrons. The highest BCUT2D eigenvalue weighted by atomic mass is 16.7. The third-order valence-corrected chi connectivity index (χ3v) is 4.76. The van der Waals surface area contributed by atoms with Gasteiger partial charge in [0, 0.05) is 12.3 Å². The van der Waals surface area contributed by atoms with E-state index < -0.39 is 7.12 Å². The standard InChI is InChI=1S/C15H22BNO3/c1-14(2)15(3,4)20-16(19-14)12-8-13(18)17-9-11(12)7-10-5-6-10/h8-10H,5-7H2,1-4H3,(H,17,18). The smallest absolute Gasteiger partial charge is 0.399 e. The number of hydrogen-bond donors (Lipinski definition) is 1. The van der Waals surface area contributed by atoms with Crippen LogP contribution in [0.2, 0.25) is 0 Å². The second-order valence-corrected chi connectivity index (χ2v) is 7.01. The van der Waals surface area contributed by atoms with Gasteiger partial charge in [0.1, 0.15) is 0 Å². The van der Waals surface area contributed by atoms with Crippen molar-refractivity contribution in [3.8, 4) is 0 Å². The molecule has 20 heavy (non-hydrogen) atoms. The maximum absolute atomic E-state index is 11.7. The number of aromatic nitrogens is 1. The normalized spacial score (nSPS) is 24.1. The molecule has 1 aliphatic carbocycles. The zero-order chi connectivity index (χ0) is 14.5. The minimum atomic E-state index is -0.448. The Morgan fingerprint density at radius 3 is 2.40 bits per heavy atom. The molecular formula is C15H22BNO3. The van der Waals surface area contributed by atoms with E-state index in [-0.39, 0.29) is 16.8 Å². The lowest BCUT2D eigenvalue weighted by Gasteiger charge is -2.32. The van der Waals surface area contributed by atoms with Gasteiger partial charge in [-0.1, -0.05) is 0 Å². The van der Waals surface area contributed by atoms with Crippen molar-refractivity contribution in [3.63, 3.8) is 0 Å². The molecule has 0 bridgehead atoms. The zero-order valence-electron chi connectivity index (χ0n) is 12.7. The number of pyridine rings is 1. The summed E-state index contributed by atoms with van der Waals surface area (Å²) in [6.45, 7) is 8.11. The molecule has 3 rings (SSSR count). The summed E-state index contributed by atoms with van der Waals surface area (Å²) >= 11 is 0. The third kappa shape index (κ3) is 2.45. The number of hydrogen-bond acceptors (Lipinski definition) is 3. The Hall–Kier alpha value is -1.07. The Morgan fingerprint density at radius 2 is 1.85 bits per heavy atom. The van der Waals surface area contributed by atoms with Gasteiger partial charge < -0.3 is 14.3 Å². The lowest BCUT2D eigenvalue weighted by Crippen LogP contribution is -2.41. The van der Waals surface area contributed by atoms with Crippen molar-refractivity contribution < 1.29 is 9.31 Å². The second-order valence-electron chi connectivity index (χ2n) is 7.01. The van der Waals surface area contributed by atoms with E-state index in [1.807, 2.05) is 33.9 Å². The highest BCUT2D eigenvalue weighted by Gasteiger charge is 2.52. The van der Waals surface area contributed by atoms with E-state index in [9.17, 15) is 4.79 Å². The Balaban J connectivity index is 1.93. The van der Waals surface area contributed by atoms with E-state index in [0.29, 0.717) is 0 Å². The molecule has 1 aromatic rings. The van der Waals surface area contributed by atoms with Crippen LogP contribution in [0.4, 0.5) is 0 Å². The summed E-state index contributed by atoms with van der Waals surface area (Å²) in [5.74, 6) is 0.752. The first kappa shape index (κ1) is 13.9. The topological polar surface area (TPSA) is 51.3 Å². The molecule has 2 aliphatic rings. The summed E-state index contributed by atoms with van der Waals surface area (Å²) < 4.78 is 12.1. The Labute approximate surface area is 120 Å². The van der Waals surface area contributed by atoms with E-state index in [1.54, 1.807) is 6.07 Å². The van der Waals surface area contributed by atoms with Crippen LogP contribution in [0.3, 0.4) is 0 Å². The predicted molar refractivity (Wildman–Crippen MR) is 79.2 cm³/mol. The molecule has 1 N–H and O–H groups in total. The molecule has 1 saturated carbocycles. The van der Waals surface area contributed by atoms with Crippen LogP contribution in [-0.4, -0.2) is 23.3 Å². The first-order valence-electron chi connectivity index (χ1n) is 7.36. The van der Waals surface area contributed by atoms with Crippen molar-refractivity contribution in [2.24, 2.45) is 5.92 Å². The fraction of sp³-hybridized carbons (Fsp3) is 0.667. The Kier molecular flexibility index (Phi) is 3.10. The Bertz CT molecular complexity index is 559. The molecule has 1 saturated heterocycles. The summed E-state index contributed by atoms with van der Waals surface area (Å²) in [4.78, 5) is 14.4. The minimum Gasteiger partial charge on any atom is -0.399 e. The molecule has 0 amide bonds. The molecule has 0 radical (unpaired) electrons. The van der Waals surface area contributed by atoms with Crippen LogP contribution in [0, 0.1) is 5.92 Å². The molecule has 1 aliphatic heterocycles. The molecule has 2 fully saturated rings. The number of H-pyrrole nitrogens is 1. The van der Waals surface area contributed by atoms with Crippen molar-refractivity contribution in [1.82, 2.24) is 4.98 Å². The molecule has 1 aromatic heterocycles. The second kappa shape index (κ2) is 4.47. The van der Waals surface area contributed by atoms with Crippen LogP contribution in [0.15, 0.2) is 17.1 Å². The van der Waals surface area contributed by atoms with E-state index in [2.05, 4.69) is 4.98 Å². The fourth-order valence-corrected chi connectivity index (χ4v) is 2.52. The summed E-state index contributed by atoms with van der Waals surface area (Å²) in [5.41, 5.74) is 1.17. The van der Waals surface area contributed by atoms with Gasteiger partial charge in [0.05, 0.1) is 11.2 Å². The van der Waals surface area contributed by atoms with Gasteiger partial charge in [0.15, 0.2) is 0 Å². The van der Waals surface area contributed by atoms with Crippen molar-refractivity contribution in [3.05, 3.63) is 28.2 Å². The number of nitrogens with one attached hydrogen (secondary N) is 1. The van der Waals surface area contributed by atoms with Crippen LogP contribution < -0.4 is 11.0 Å². The van der Waals surface area contributed by atoms with E-state index in [4.69, 9.17) is 9.31 Å². The summed E-state index contributed by atoms with van der Waals surface area (Å²) in [5, 5.41) is 0. The number of rotatable bonds is 3.